The first-order chi connectivity index (χ1) is 14.9. The fraction of sp³-hybridized carbons (Fsp3) is 0.320. The Kier molecular flexibility index (Phi) is 5.89. The summed E-state index contributed by atoms with van der Waals surface area (Å²) in [6, 6.07) is 15.4. The van der Waals surface area contributed by atoms with E-state index in [4.69, 9.17) is 20.6 Å². The molecule has 2 aliphatic carbocycles. The summed E-state index contributed by atoms with van der Waals surface area (Å²) < 4.78 is 10.2. The predicted octanol–water partition coefficient (Wildman–Crippen LogP) is 4.31. The van der Waals surface area contributed by atoms with E-state index in [-0.39, 0.29) is 0 Å². The van der Waals surface area contributed by atoms with E-state index in [1.807, 2.05) is 24.3 Å². The quantitative estimate of drug-likeness (QED) is 0.248. The lowest BCUT2D eigenvalue weighted by atomic mass is 9.89. The normalized spacial score (nSPS) is 24.3. The van der Waals surface area contributed by atoms with Crippen LogP contribution in [0.3, 0.4) is 0 Å². The molecule has 4 rings (SSSR count). The van der Waals surface area contributed by atoms with Gasteiger partial charge in [0.15, 0.2) is 0 Å². The molecule has 0 aromatic heterocycles. The molecule has 6 nitrogen and oxygen atoms in total. The third-order valence-electron chi connectivity index (χ3n) is 6.53. The maximum atomic E-state index is 11.4. The number of benzene rings is 2. The number of rotatable bonds is 5. The minimum Gasteiger partial charge on any atom is -0.423 e. The Bertz CT molecular complexity index is 983. The molecule has 2 aromatic rings. The number of carbonyl (C=O) groups excluding carboxylic acids is 2. The molecule has 160 valence electrons. The highest BCUT2D eigenvalue weighted by molar-refractivity contribution is 6.33. The van der Waals surface area contributed by atoms with Crippen LogP contribution < -0.4 is 15.2 Å². The number of carbonyl (C=O) groups is 2. The van der Waals surface area contributed by atoms with Gasteiger partial charge in [0.2, 0.25) is 5.84 Å². The number of esters is 2. The maximum Gasteiger partial charge on any atom is 0.378 e. The van der Waals surface area contributed by atoms with Crippen molar-refractivity contribution < 1.29 is 19.1 Å². The van der Waals surface area contributed by atoms with E-state index in [0.29, 0.717) is 35.2 Å². The van der Waals surface area contributed by atoms with Crippen molar-refractivity contribution in [2.24, 2.45) is 17.6 Å². The number of hydrogen-bond acceptors (Lipinski definition) is 5. The van der Waals surface area contributed by atoms with Crippen molar-refractivity contribution in [1.29, 1.82) is 5.41 Å². The number of amidine groups is 1. The average Bonchev–Trinajstić information content (AvgIpc) is 3.34. The van der Waals surface area contributed by atoms with E-state index in [9.17, 15) is 9.59 Å². The highest BCUT2D eigenvalue weighted by atomic mass is 16.5. The van der Waals surface area contributed by atoms with Crippen molar-refractivity contribution in [3.8, 4) is 11.5 Å². The fourth-order valence-corrected chi connectivity index (χ4v) is 5.10. The molecule has 0 heterocycles. The number of nitrogens with two attached hydrogens (primary N) is 1. The maximum absolute atomic E-state index is 11.4. The predicted molar refractivity (Wildman–Crippen MR) is 117 cm³/mol. The summed E-state index contributed by atoms with van der Waals surface area (Å²) in [6.45, 7) is 3.41. The molecule has 0 bridgehead atoms. The van der Waals surface area contributed by atoms with Gasteiger partial charge in [0.1, 0.15) is 11.5 Å². The summed E-state index contributed by atoms with van der Waals surface area (Å²) in [7, 11) is 0. The zero-order chi connectivity index (χ0) is 22.0. The molecule has 2 aliphatic rings. The van der Waals surface area contributed by atoms with Crippen LogP contribution in [-0.4, -0.2) is 17.8 Å². The summed E-state index contributed by atoms with van der Waals surface area (Å²) in [5.41, 5.74) is 7.71. The monoisotopic (exact) mass is 418 g/mol. The van der Waals surface area contributed by atoms with Crippen molar-refractivity contribution in [3.63, 3.8) is 0 Å². The third-order valence-corrected chi connectivity index (χ3v) is 6.53. The molecule has 2 aromatic carbocycles. The van der Waals surface area contributed by atoms with Crippen LogP contribution in [0.25, 0.3) is 0 Å². The van der Waals surface area contributed by atoms with Crippen molar-refractivity contribution in [2.75, 3.05) is 0 Å². The van der Waals surface area contributed by atoms with Crippen molar-refractivity contribution in [2.45, 2.75) is 37.5 Å². The SMILES string of the molecule is C=CC(=O)Oc1ccc(C2CC3CC(c4ccc(OC(=O)C(=N)N)cc4)CC3C2)cc1. The fourth-order valence-electron chi connectivity index (χ4n) is 5.10. The summed E-state index contributed by atoms with van der Waals surface area (Å²) in [6.07, 6.45) is 5.86. The average molecular weight is 418 g/mol. The molecule has 0 aliphatic heterocycles. The van der Waals surface area contributed by atoms with Crippen LogP contribution in [0, 0.1) is 17.2 Å². The summed E-state index contributed by atoms with van der Waals surface area (Å²) in [4.78, 5) is 22.7. The third kappa shape index (κ3) is 4.68. The second kappa shape index (κ2) is 8.76. The number of hydrogen-bond donors (Lipinski definition) is 2. The van der Waals surface area contributed by atoms with Crippen LogP contribution in [0.4, 0.5) is 0 Å². The number of nitrogens with one attached hydrogen (secondary N) is 1. The van der Waals surface area contributed by atoms with Gasteiger partial charge in [-0.1, -0.05) is 30.8 Å². The number of ether oxygens (including phenoxy) is 2. The van der Waals surface area contributed by atoms with Crippen LogP contribution in [0.5, 0.6) is 11.5 Å². The molecular formula is C25H26N2O4. The van der Waals surface area contributed by atoms with Crippen molar-refractivity contribution in [1.82, 2.24) is 0 Å². The Hall–Kier alpha value is -3.41. The lowest BCUT2D eigenvalue weighted by molar-refractivity contribution is -0.129. The molecule has 0 saturated heterocycles. The molecule has 0 spiro atoms. The van der Waals surface area contributed by atoms with Crippen molar-refractivity contribution >= 4 is 17.8 Å². The summed E-state index contributed by atoms with van der Waals surface area (Å²) in [5, 5.41) is 7.10. The summed E-state index contributed by atoms with van der Waals surface area (Å²) in [5.74, 6) is 1.57. The Balaban J connectivity index is 1.33. The molecule has 0 radical (unpaired) electrons. The zero-order valence-electron chi connectivity index (χ0n) is 17.3. The van der Waals surface area contributed by atoms with Gasteiger partial charge in [-0.3, -0.25) is 5.41 Å². The highest BCUT2D eigenvalue weighted by Crippen LogP contribution is 2.55. The standard InChI is InChI=1S/C25H26N2O4/c1-2-23(28)30-21-7-3-15(4-8-21)17-11-19-13-18(14-20(19)12-17)16-5-9-22(10-6-16)31-25(29)24(26)27/h2-10,17-20H,1,11-14H2,(H3,26,27). The lowest BCUT2D eigenvalue weighted by Crippen LogP contribution is -2.27. The van der Waals surface area contributed by atoms with Gasteiger partial charge in [-0.15, -0.1) is 0 Å². The molecule has 3 N–H and O–H groups in total. The van der Waals surface area contributed by atoms with Gasteiger partial charge >= 0.3 is 11.9 Å². The van der Waals surface area contributed by atoms with Crippen LogP contribution in [0.15, 0.2) is 61.2 Å². The first kappa shape index (κ1) is 20.8. The molecule has 2 unspecified atom stereocenters. The smallest absolute Gasteiger partial charge is 0.378 e. The van der Waals surface area contributed by atoms with E-state index in [0.717, 1.165) is 6.08 Å². The first-order valence-corrected chi connectivity index (χ1v) is 10.5. The van der Waals surface area contributed by atoms with Crippen LogP contribution in [0.1, 0.15) is 48.6 Å². The van der Waals surface area contributed by atoms with E-state index in [1.54, 1.807) is 12.1 Å². The topological polar surface area (TPSA) is 102 Å². The minimum absolute atomic E-state index is 0.407. The van der Waals surface area contributed by atoms with E-state index in [2.05, 4.69) is 18.7 Å². The summed E-state index contributed by atoms with van der Waals surface area (Å²) >= 11 is 0. The van der Waals surface area contributed by atoms with Crippen LogP contribution in [-0.2, 0) is 9.59 Å². The molecular weight excluding hydrogens is 392 g/mol. The highest BCUT2D eigenvalue weighted by Gasteiger charge is 2.42. The second-order valence-electron chi connectivity index (χ2n) is 8.42. The molecule has 0 amide bonds. The molecule has 2 fully saturated rings. The minimum atomic E-state index is -0.832. The van der Waals surface area contributed by atoms with Gasteiger partial charge in [0.05, 0.1) is 0 Å². The Morgan fingerprint density at radius 3 is 1.65 bits per heavy atom. The Morgan fingerprint density at radius 2 is 1.26 bits per heavy atom. The van der Waals surface area contributed by atoms with E-state index in [1.165, 1.54) is 36.8 Å². The van der Waals surface area contributed by atoms with Crippen LogP contribution in [0.2, 0.25) is 0 Å². The van der Waals surface area contributed by atoms with Gasteiger partial charge in [0, 0.05) is 6.08 Å². The van der Waals surface area contributed by atoms with Gasteiger partial charge in [-0.2, -0.15) is 0 Å². The first-order valence-electron chi connectivity index (χ1n) is 10.5. The molecule has 6 heteroatoms. The second-order valence-corrected chi connectivity index (χ2v) is 8.42. The van der Waals surface area contributed by atoms with Gasteiger partial charge in [0.25, 0.3) is 0 Å². The lowest BCUT2D eigenvalue weighted by Gasteiger charge is -2.16. The van der Waals surface area contributed by atoms with Gasteiger partial charge < -0.3 is 15.2 Å². The Labute approximate surface area is 181 Å². The number of fused-ring (bicyclic) bond motifs is 1. The van der Waals surface area contributed by atoms with Gasteiger partial charge in [-0.05, 0) is 84.7 Å². The molecule has 2 atom stereocenters. The molecule has 31 heavy (non-hydrogen) atoms. The van der Waals surface area contributed by atoms with Crippen molar-refractivity contribution in [3.05, 3.63) is 72.3 Å². The zero-order valence-corrected chi connectivity index (χ0v) is 17.3. The van der Waals surface area contributed by atoms with Crippen LogP contribution >= 0.6 is 0 Å². The van der Waals surface area contributed by atoms with E-state index >= 15 is 0 Å². The van der Waals surface area contributed by atoms with E-state index < -0.39 is 17.8 Å². The van der Waals surface area contributed by atoms with Gasteiger partial charge in [-0.25, -0.2) is 9.59 Å². The molecule has 2 saturated carbocycles. The Morgan fingerprint density at radius 1 is 0.839 bits per heavy atom. The largest absolute Gasteiger partial charge is 0.423 e.